The topological polar surface area (TPSA) is 8.17 Å². The molecule has 0 amide bonds. The van der Waals surface area contributed by atoms with E-state index >= 15 is 0 Å². The van der Waals surface area contributed by atoms with Crippen LogP contribution < -0.4 is 4.90 Å². The second-order valence-electron chi connectivity index (χ2n) is 20.0. The Hall–Kier alpha value is -9.54. The molecule has 0 N–H and O–H groups in total. The summed E-state index contributed by atoms with van der Waals surface area (Å²) in [4.78, 5) is 2.39. The maximum absolute atomic E-state index is 2.39. The molecular formula is C73H48N2S. The van der Waals surface area contributed by atoms with Crippen LogP contribution in [0.25, 0.3) is 92.2 Å². The number of nitrogens with zero attached hydrogens (tertiary/aromatic N) is 2. The second-order valence-corrected chi connectivity index (χ2v) is 21.1. The van der Waals surface area contributed by atoms with Crippen molar-refractivity contribution in [3.63, 3.8) is 0 Å². The third-order valence-electron chi connectivity index (χ3n) is 15.9. The fraction of sp³-hybridized carbons (Fsp3) is 0.0137. The minimum Gasteiger partial charge on any atom is -0.311 e. The monoisotopic (exact) mass is 984 g/mol. The van der Waals surface area contributed by atoms with E-state index in [9.17, 15) is 0 Å². The summed E-state index contributed by atoms with van der Waals surface area (Å²) in [6.45, 7) is 0. The zero-order valence-corrected chi connectivity index (χ0v) is 42.3. The molecule has 0 fully saturated rings. The first-order valence-corrected chi connectivity index (χ1v) is 27.0. The first-order valence-electron chi connectivity index (χ1n) is 26.1. The van der Waals surface area contributed by atoms with E-state index in [1.54, 1.807) is 0 Å². The zero-order valence-electron chi connectivity index (χ0n) is 41.5. The van der Waals surface area contributed by atoms with Crippen LogP contribution in [0.2, 0.25) is 0 Å². The standard InChI is InChI=1S/C73H48N2S/c1-2-17-55(18-3-1)73(67-24-9-4-19-61(67)62-20-5-10-25-68(62)73)56-36-44-59(45-37-56)74(57-38-29-49(30-39-57)50-31-42-60(43-32-50)75-69-26-11-6-21-63(69)64-22-7-12-27-70(64)75)58-40-33-51(34-41-58)52-15-14-16-53(47-52)54-35-46-72-66(48-54)65-23-8-13-28-71(65)76-72/h1-48H. The molecule has 2 aromatic heterocycles. The van der Waals surface area contributed by atoms with Gasteiger partial charge in [-0.3, -0.25) is 0 Å². The minimum atomic E-state index is -0.476. The normalized spacial score (nSPS) is 12.6. The minimum absolute atomic E-state index is 0.476. The molecule has 0 radical (unpaired) electrons. The Morgan fingerprint density at radius 2 is 0.724 bits per heavy atom. The summed E-state index contributed by atoms with van der Waals surface area (Å²) in [5.74, 6) is 0. The highest BCUT2D eigenvalue weighted by atomic mass is 32.1. The SMILES string of the molecule is c1ccc(C2(c3ccc(N(c4ccc(-c5ccc(-n6c7ccccc7c7ccccc76)cc5)cc4)c4ccc(-c5cccc(-c6ccc7sc8ccccc8c7c6)c5)cc4)cc3)c3ccccc3-c3ccccc32)cc1. The number of hydrogen-bond donors (Lipinski definition) is 0. The van der Waals surface area contributed by atoms with Gasteiger partial charge < -0.3 is 9.47 Å². The molecule has 0 aliphatic heterocycles. The number of thiophene rings is 1. The molecule has 14 aromatic rings. The smallest absolute Gasteiger partial charge is 0.0713 e. The van der Waals surface area contributed by atoms with Crippen LogP contribution in [-0.4, -0.2) is 4.57 Å². The molecule has 2 nitrogen and oxygen atoms in total. The lowest BCUT2D eigenvalue weighted by atomic mass is 9.68. The van der Waals surface area contributed by atoms with Crippen molar-refractivity contribution in [2.24, 2.45) is 0 Å². The Kier molecular flexibility index (Phi) is 10.3. The quantitative estimate of drug-likeness (QED) is 0.140. The van der Waals surface area contributed by atoms with E-state index in [1.807, 2.05) is 11.3 Å². The van der Waals surface area contributed by atoms with Crippen LogP contribution in [-0.2, 0) is 5.41 Å². The highest BCUT2D eigenvalue weighted by molar-refractivity contribution is 7.25. The lowest BCUT2D eigenvalue weighted by Gasteiger charge is -2.34. The van der Waals surface area contributed by atoms with Crippen LogP contribution in [0.4, 0.5) is 17.1 Å². The summed E-state index contributed by atoms with van der Waals surface area (Å²) >= 11 is 1.86. The zero-order chi connectivity index (χ0) is 50.2. The average Bonchev–Trinajstić information content (AvgIpc) is 4.27. The van der Waals surface area contributed by atoms with E-state index < -0.39 is 5.41 Å². The van der Waals surface area contributed by atoms with E-state index in [2.05, 4.69) is 301 Å². The molecule has 0 saturated carbocycles. The van der Waals surface area contributed by atoms with Gasteiger partial charge in [0.1, 0.15) is 0 Å². The number of anilines is 3. The molecule has 1 aliphatic carbocycles. The molecule has 1 aliphatic rings. The molecule has 0 saturated heterocycles. The summed E-state index contributed by atoms with van der Waals surface area (Å²) in [5.41, 5.74) is 21.2. The van der Waals surface area contributed by atoms with Gasteiger partial charge in [-0.25, -0.2) is 0 Å². The first-order chi connectivity index (χ1) is 37.7. The van der Waals surface area contributed by atoms with Gasteiger partial charge in [0.2, 0.25) is 0 Å². The first kappa shape index (κ1) is 44.0. The van der Waals surface area contributed by atoms with Gasteiger partial charge in [0, 0.05) is 53.7 Å². The van der Waals surface area contributed by atoms with Gasteiger partial charge in [-0.2, -0.15) is 0 Å². The van der Waals surface area contributed by atoms with Crippen molar-refractivity contribution in [2.45, 2.75) is 5.41 Å². The van der Waals surface area contributed by atoms with Crippen LogP contribution >= 0.6 is 11.3 Å². The molecule has 2 heterocycles. The Morgan fingerprint density at radius 1 is 0.289 bits per heavy atom. The van der Waals surface area contributed by atoms with E-state index in [0.717, 1.165) is 28.3 Å². The van der Waals surface area contributed by atoms with Gasteiger partial charge in [-0.05, 0) is 152 Å². The number of fused-ring (bicyclic) bond motifs is 9. The fourth-order valence-corrected chi connectivity index (χ4v) is 13.5. The summed E-state index contributed by atoms with van der Waals surface area (Å²) in [6.07, 6.45) is 0. The number of hydrogen-bond acceptors (Lipinski definition) is 2. The lowest BCUT2D eigenvalue weighted by Crippen LogP contribution is -2.28. The molecule has 0 spiro atoms. The predicted octanol–water partition coefficient (Wildman–Crippen LogP) is 20.0. The van der Waals surface area contributed by atoms with Crippen molar-refractivity contribution in [1.29, 1.82) is 0 Å². The largest absolute Gasteiger partial charge is 0.311 e. The van der Waals surface area contributed by atoms with Crippen LogP contribution in [0.5, 0.6) is 0 Å². The average molecular weight is 985 g/mol. The Bertz CT molecular complexity index is 4390. The van der Waals surface area contributed by atoms with Crippen molar-refractivity contribution in [3.8, 4) is 50.2 Å². The Balaban J connectivity index is 0.808. The summed E-state index contributed by atoms with van der Waals surface area (Å²) in [5, 5.41) is 5.17. The van der Waals surface area contributed by atoms with Crippen molar-refractivity contribution in [1.82, 2.24) is 4.57 Å². The molecule has 76 heavy (non-hydrogen) atoms. The van der Waals surface area contributed by atoms with E-state index in [0.29, 0.717) is 0 Å². The summed E-state index contributed by atoms with van der Waals surface area (Å²) < 4.78 is 5.02. The molecule has 0 bridgehead atoms. The molecule has 15 rings (SSSR count). The third-order valence-corrected chi connectivity index (χ3v) is 17.1. The van der Waals surface area contributed by atoms with Crippen LogP contribution in [0.3, 0.4) is 0 Å². The van der Waals surface area contributed by atoms with Gasteiger partial charge in [-0.15, -0.1) is 11.3 Å². The van der Waals surface area contributed by atoms with Crippen LogP contribution in [0, 0.1) is 0 Å². The highest BCUT2D eigenvalue weighted by Crippen LogP contribution is 2.56. The second kappa shape index (κ2) is 17.8. The van der Waals surface area contributed by atoms with Crippen molar-refractivity contribution in [2.75, 3.05) is 4.90 Å². The number of rotatable bonds is 9. The lowest BCUT2D eigenvalue weighted by molar-refractivity contribution is 0.768. The van der Waals surface area contributed by atoms with Gasteiger partial charge in [0.15, 0.2) is 0 Å². The molecule has 356 valence electrons. The van der Waals surface area contributed by atoms with Gasteiger partial charge in [0.05, 0.1) is 16.4 Å². The maximum Gasteiger partial charge on any atom is 0.0713 e. The summed E-state index contributed by atoms with van der Waals surface area (Å²) in [7, 11) is 0. The van der Waals surface area contributed by atoms with Crippen LogP contribution in [0.15, 0.2) is 291 Å². The Labute approximate surface area is 446 Å². The van der Waals surface area contributed by atoms with Crippen molar-refractivity contribution >= 4 is 70.4 Å². The van der Waals surface area contributed by atoms with E-state index in [1.165, 1.54) is 103 Å². The van der Waals surface area contributed by atoms with E-state index in [-0.39, 0.29) is 0 Å². The van der Waals surface area contributed by atoms with Crippen molar-refractivity contribution in [3.05, 3.63) is 313 Å². The molecular weight excluding hydrogens is 937 g/mol. The number of aromatic nitrogens is 1. The molecule has 3 heteroatoms. The predicted molar refractivity (Wildman–Crippen MR) is 322 cm³/mol. The summed E-state index contributed by atoms with van der Waals surface area (Å²) in [6, 6.07) is 107. The Morgan fingerprint density at radius 3 is 1.34 bits per heavy atom. The van der Waals surface area contributed by atoms with Gasteiger partial charge in [0.25, 0.3) is 0 Å². The third kappa shape index (κ3) is 7.01. The molecule has 0 unspecified atom stereocenters. The van der Waals surface area contributed by atoms with Gasteiger partial charge >= 0.3 is 0 Å². The maximum atomic E-state index is 2.39. The number of benzene rings is 12. The fourth-order valence-electron chi connectivity index (χ4n) is 12.4. The van der Waals surface area contributed by atoms with Crippen LogP contribution in [0.1, 0.15) is 22.3 Å². The van der Waals surface area contributed by atoms with Gasteiger partial charge in [-0.1, -0.05) is 206 Å². The number of para-hydroxylation sites is 2. The van der Waals surface area contributed by atoms with Crippen molar-refractivity contribution < 1.29 is 0 Å². The molecule has 12 aromatic carbocycles. The van der Waals surface area contributed by atoms with E-state index in [4.69, 9.17) is 0 Å². The highest BCUT2D eigenvalue weighted by Gasteiger charge is 2.45. The molecule has 0 atom stereocenters.